The molecule has 7 nitrogen and oxygen atoms in total. The van der Waals surface area contributed by atoms with Crippen molar-refractivity contribution >= 4 is 17.7 Å². The molecule has 1 fully saturated rings. The molecule has 136 valence electrons. The van der Waals surface area contributed by atoms with E-state index in [1.165, 1.54) is 24.3 Å². The molecule has 27 heavy (non-hydrogen) atoms. The number of nitrogens with zero attached hydrogens (tertiary/aromatic N) is 5. The summed E-state index contributed by atoms with van der Waals surface area (Å²) in [5, 5.41) is 3.02. The summed E-state index contributed by atoms with van der Waals surface area (Å²) in [7, 11) is 0. The van der Waals surface area contributed by atoms with Gasteiger partial charge in [-0.05, 0) is 36.8 Å². The van der Waals surface area contributed by atoms with Crippen molar-refractivity contribution in [3.05, 3.63) is 72.2 Å². The van der Waals surface area contributed by atoms with Gasteiger partial charge in [0.1, 0.15) is 5.82 Å². The summed E-state index contributed by atoms with van der Waals surface area (Å²) in [6, 6.07) is 7.49. The van der Waals surface area contributed by atoms with Crippen molar-refractivity contribution < 1.29 is 9.18 Å². The van der Waals surface area contributed by atoms with Gasteiger partial charge >= 0.3 is 0 Å². The zero-order valence-corrected chi connectivity index (χ0v) is 14.4. The summed E-state index contributed by atoms with van der Waals surface area (Å²) >= 11 is 0. The highest BCUT2D eigenvalue weighted by Crippen LogP contribution is 2.27. The van der Waals surface area contributed by atoms with E-state index in [0.717, 1.165) is 12.1 Å². The Morgan fingerprint density at radius 1 is 1.11 bits per heavy atom. The standard InChI is InChI=1S/C19H17FN6O/c20-15-3-1-13(2-4-15)18(27)26-10-6-14(12-26)16-5-7-23-19(24-16)25-17-11-21-8-9-22-17/h1-5,7-9,11,14H,6,10,12H2,(H,22,23,24,25). The van der Waals surface area contributed by atoms with Gasteiger partial charge in [0.15, 0.2) is 5.82 Å². The normalized spacial score (nSPS) is 16.3. The van der Waals surface area contributed by atoms with Crippen LogP contribution in [0.4, 0.5) is 16.2 Å². The van der Waals surface area contributed by atoms with Gasteiger partial charge in [-0.2, -0.15) is 0 Å². The summed E-state index contributed by atoms with van der Waals surface area (Å²) in [6.07, 6.45) is 7.27. The summed E-state index contributed by atoms with van der Waals surface area (Å²) in [5.41, 5.74) is 1.36. The molecule has 3 aromatic rings. The molecule has 8 heteroatoms. The topological polar surface area (TPSA) is 83.9 Å². The molecule has 2 aromatic heterocycles. The lowest BCUT2D eigenvalue weighted by molar-refractivity contribution is 0.0790. The number of likely N-dealkylation sites (tertiary alicyclic amines) is 1. The van der Waals surface area contributed by atoms with Gasteiger partial charge in [0.25, 0.3) is 5.91 Å². The number of rotatable bonds is 4. The van der Waals surface area contributed by atoms with E-state index in [4.69, 9.17) is 0 Å². The monoisotopic (exact) mass is 364 g/mol. The quantitative estimate of drug-likeness (QED) is 0.766. The fourth-order valence-electron chi connectivity index (χ4n) is 3.10. The fourth-order valence-corrected chi connectivity index (χ4v) is 3.10. The highest BCUT2D eigenvalue weighted by Gasteiger charge is 2.29. The Hall–Kier alpha value is -3.42. The van der Waals surface area contributed by atoms with Crippen molar-refractivity contribution in [1.29, 1.82) is 0 Å². The first-order chi connectivity index (χ1) is 13.2. The van der Waals surface area contributed by atoms with Crippen LogP contribution in [0, 0.1) is 5.82 Å². The van der Waals surface area contributed by atoms with Crippen LogP contribution in [-0.4, -0.2) is 43.8 Å². The van der Waals surface area contributed by atoms with E-state index < -0.39 is 0 Å². The van der Waals surface area contributed by atoms with Gasteiger partial charge in [0, 0.05) is 43.2 Å². The second-order valence-electron chi connectivity index (χ2n) is 6.26. The van der Waals surface area contributed by atoms with E-state index in [1.54, 1.807) is 29.7 Å². The van der Waals surface area contributed by atoms with E-state index in [1.807, 2.05) is 6.07 Å². The number of carbonyl (C=O) groups is 1. The van der Waals surface area contributed by atoms with Crippen LogP contribution in [-0.2, 0) is 0 Å². The Kier molecular flexibility index (Phi) is 4.69. The molecule has 1 atom stereocenters. The average Bonchev–Trinajstić information content (AvgIpc) is 3.19. The van der Waals surface area contributed by atoms with E-state index in [-0.39, 0.29) is 17.6 Å². The highest BCUT2D eigenvalue weighted by molar-refractivity contribution is 5.94. The molecule has 1 aliphatic rings. The molecule has 1 amide bonds. The number of halogens is 1. The minimum Gasteiger partial charge on any atom is -0.338 e. The van der Waals surface area contributed by atoms with Gasteiger partial charge in [0.05, 0.1) is 11.9 Å². The maximum Gasteiger partial charge on any atom is 0.253 e. The predicted molar refractivity (Wildman–Crippen MR) is 97.0 cm³/mol. The predicted octanol–water partition coefficient (Wildman–Crippen LogP) is 2.78. The van der Waals surface area contributed by atoms with Crippen molar-refractivity contribution in [2.45, 2.75) is 12.3 Å². The minimum absolute atomic E-state index is 0.0931. The first kappa shape index (κ1) is 17.0. The number of nitrogens with one attached hydrogen (secondary N) is 1. The summed E-state index contributed by atoms with van der Waals surface area (Å²) in [6.45, 7) is 1.20. The lowest BCUT2D eigenvalue weighted by Gasteiger charge is -2.16. The van der Waals surface area contributed by atoms with Gasteiger partial charge in [-0.3, -0.25) is 9.78 Å². The Morgan fingerprint density at radius 3 is 2.74 bits per heavy atom. The van der Waals surface area contributed by atoms with Crippen LogP contribution in [0.3, 0.4) is 0 Å². The van der Waals surface area contributed by atoms with Crippen LogP contribution >= 0.6 is 0 Å². The van der Waals surface area contributed by atoms with E-state index >= 15 is 0 Å². The number of amides is 1. The van der Waals surface area contributed by atoms with Gasteiger partial charge in [-0.25, -0.2) is 19.3 Å². The second kappa shape index (κ2) is 7.45. The van der Waals surface area contributed by atoms with Crippen molar-refractivity contribution in [2.24, 2.45) is 0 Å². The summed E-state index contributed by atoms with van der Waals surface area (Å²) < 4.78 is 13.1. The zero-order valence-electron chi connectivity index (χ0n) is 14.4. The first-order valence-corrected chi connectivity index (χ1v) is 8.60. The van der Waals surface area contributed by atoms with Crippen molar-refractivity contribution in [3.8, 4) is 0 Å². The first-order valence-electron chi connectivity index (χ1n) is 8.60. The third-order valence-electron chi connectivity index (χ3n) is 4.47. The van der Waals surface area contributed by atoms with Crippen LogP contribution in [0.1, 0.15) is 28.4 Å². The van der Waals surface area contributed by atoms with Gasteiger partial charge in [0.2, 0.25) is 5.95 Å². The molecule has 3 heterocycles. The largest absolute Gasteiger partial charge is 0.338 e. The van der Waals surface area contributed by atoms with Crippen molar-refractivity contribution in [3.63, 3.8) is 0 Å². The van der Waals surface area contributed by atoms with Gasteiger partial charge < -0.3 is 10.2 Å². The van der Waals surface area contributed by atoms with Crippen molar-refractivity contribution in [1.82, 2.24) is 24.8 Å². The Bertz CT molecular complexity index is 934. The molecule has 1 aliphatic heterocycles. The van der Waals surface area contributed by atoms with Crippen molar-refractivity contribution in [2.75, 3.05) is 18.4 Å². The number of hydrogen-bond donors (Lipinski definition) is 1. The molecule has 0 bridgehead atoms. The smallest absolute Gasteiger partial charge is 0.253 e. The molecule has 0 aliphatic carbocycles. The average molecular weight is 364 g/mol. The highest BCUT2D eigenvalue weighted by atomic mass is 19.1. The summed E-state index contributed by atoms with van der Waals surface area (Å²) in [5.74, 6) is 0.685. The fraction of sp³-hybridized carbons (Fsp3) is 0.211. The van der Waals surface area contributed by atoms with Gasteiger partial charge in [-0.15, -0.1) is 0 Å². The molecule has 1 saturated heterocycles. The molecule has 0 spiro atoms. The Balaban J connectivity index is 1.45. The van der Waals surface area contributed by atoms with Gasteiger partial charge in [-0.1, -0.05) is 0 Å². The molecule has 0 saturated carbocycles. The van der Waals surface area contributed by atoms with Crippen LogP contribution in [0.25, 0.3) is 0 Å². The number of benzene rings is 1. The maximum atomic E-state index is 13.1. The number of anilines is 2. The van der Waals surface area contributed by atoms with Crippen LogP contribution in [0.15, 0.2) is 55.1 Å². The lowest BCUT2D eigenvalue weighted by Crippen LogP contribution is -2.28. The molecular formula is C19H17FN6O. The van der Waals surface area contributed by atoms with Crippen LogP contribution < -0.4 is 5.32 Å². The lowest BCUT2D eigenvalue weighted by atomic mass is 10.1. The van der Waals surface area contributed by atoms with Crippen LogP contribution in [0.2, 0.25) is 0 Å². The maximum absolute atomic E-state index is 13.1. The molecule has 1 aromatic carbocycles. The Morgan fingerprint density at radius 2 is 1.96 bits per heavy atom. The minimum atomic E-state index is -0.352. The molecule has 4 rings (SSSR count). The SMILES string of the molecule is O=C(c1ccc(F)cc1)N1CCC(c2ccnc(Nc3cnccn3)n2)C1. The number of carbonyl (C=O) groups excluding carboxylic acids is 1. The second-order valence-corrected chi connectivity index (χ2v) is 6.26. The zero-order chi connectivity index (χ0) is 18.6. The van der Waals surface area contributed by atoms with E-state index in [9.17, 15) is 9.18 Å². The van der Waals surface area contributed by atoms with E-state index in [0.29, 0.717) is 30.4 Å². The van der Waals surface area contributed by atoms with E-state index in [2.05, 4.69) is 25.3 Å². The third-order valence-corrected chi connectivity index (χ3v) is 4.47. The Labute approximate surface area is 155 Å². The molecule has 0 radical (unpaired) electrons. The molecule has 1 N–H and O–H groups in total. The number of aromatic nitrogens is 4. The van der Waals surface area contributed by atoms with Crippen LogP contribution in [0.5, 0.6) is 0 Å². The molecular weight excluding hydrogens is 347 g/mol. The number of hydrogen-bond acceptors (Lipinski definition) is 6. The third kappa shape index (κ3) is 3.89. The molecule has 1 unspecified atom stereocenters. The summed E-state index contributed by atoms with van der Waals surface area (Å²) in [4.78, 5) is 31.3.